The Labute approximate surface area is 88.9 Å². The van der Waals surface area contributed by atoms with Gasteiger partial charge in [0.15, 0.2) is 0 Å². The van der Waals surface area contributed by atoms with Gasteiger partial charge < -0.3 is 0 Å². The van der Waals surface area contributed by atoms with Crippen LogP contribution in [0, 0.1) is 17.8 Å². The first-order valence-corrected chi connectivity index (χ1v) is 5.65. The van der Waals surface area contributed by atoms with Gasteiger partial charge in [0.25, 0.3) is 0 Å². The first-order chi connectivity index (χ1) is 6.49. The summed E-state index contributed by atoms with van der Waals surface area (Å²) in [5.41, 5.74) is 0.346. The SMILES string of the molecule is CC#CCCC(C)(C)[N@@]1CC1C(C)C. The van der Waals surface area contributed by atoms with E-state index in [1.54, 1.807) is 0 Å². The molecule has 0 N–H and O–H groups in total. The molecule has 1 unspecified atom stereocenters. The number of hydrogen-bond acceptors (Lipinski definition) is 1. The summed E-state index contributed by atoms with van der Waals surface area (Å²) >= 11 is 0. The van der Waals surface area contributed by atoms with Crippen LogP contribution < -0.4 is 0 Å². The molecule has 0 aromatic rings. The molecular formula is C13H23N. The van der Waals surface area contributed by atoms with Gasteiger partial charge in [-0.3, -0.25) is 4.90 Å². The lowest BCUT2D eigenvalue weighted by Crippen LogP contribution is -2.32. The van der Waals surface area contributed by atoms with Crippen molar-refractivity contribution >= 4 is 0 Å². The van der Waals surface area contributed by atoms with E-state index in [1.807, 2.05) is 6.92 Å². The molecule has 1 heterocycles. The molecule has 1 rings (SSSR count). The summed E-state index contributed by atoms with van der Waals surface area (Å²) in [6.45, 7) is 12.5. The fraction of sp³-hybridized carbons (Fsp3) is 0.846. The maximum Gasteiger partial charge on any atom is 0.0252 e. The third-order valence-corrected chi connectivity index (χ3v) is 3.24. The highest BCUT2D eigenvalue weighted by molar-refractivity contribution is 5.03. The first-order valence-electron chi connectivity index (χ1n) is 5.65. The topological polar surface area (TPSA) is 3.01 Å². The van der Waals surface area contributed by atoms with Crippen molar-refractivity contribution in [2.45, 2.75) is 59.0 Å². The van der Waals surface area contributed by atoms with Gasteiger partial charge in [-0.15, -0.1) is 11.8 Å². The van der Waals surface area contributed by atoms with E-state index in [9.17, 15) is 0 Å². The van der Waals surface area contributed by atoms with E-state index in [2.05, 4.69) is 44.4 Å². The predicted molar refractivity (Wildman–Crippen MR) is 62.1 cm³/mol. The van der Waals surface area contributed by atoms with Gasteiger partial charge in [0, 0.05) is 24.5 Å². The van der Waals surface area contributed by atoms with Crippen LogP contribution in [0.25, 0.3) is 0 Å². The van der Waals surface area contributed by atoms with Crippen LogP contribution in [0.15, 0.2) is 0 Å². The number of hydrogen-bond donors (Lipinski definition) is 0. The fourth-order valence-electron chi connectivity index (χ4n) is 2.06. The zero-order valence-corrected chi connectivity index (χ0v) is 10.2. The lowest BCUT2D eigenvalue weighted by atomic mass is 9.98. The van der Waals surface area contributed by atoms with Gasteiger partial charge in [-0.05, 0) is 33.1 Å². The smallest absolute Gasteiger partial charge is 0.0252 e. The van der Waals surface area contributed by atoms with Gasteiger partial charge in [-0.2, -0.15) is 0 Å². The highest BCUT2D eigenvalue weighted by Gasteiger charge is 2.45. The summed E-state index contributed by atoms with van der Waals surface area (Å²) in [4.78, 5) is 2.61. The zero-order chi connectivity index (χ0) is 10.8. The minimum Gasteiger partial charge on any atom is -0.292 e. The van der Waals surface area contributed by atoms with E-state index in [-0.39, 0.29) is 0 Å². The van der Waals surface area contributed by atoms with Crippen LogP contribution in [0.4, 0.5) is 0 Å². The summed E-state index contributed by atoms with van der Waals surface area (Å²) in [7, 11) is 0. The molecule has 1 fully saturated rings. The molecule has 0 aromatic carbocycles. The van der Waals surface area contributed by atoms with Gasteiger partial charge in [0.1, 0.15) is 0 Å². The van der Waals surface area contributed by atoms with Gasteiger partial charge in [0.05, 0.1) is 0 Å². The minimum absolute atomic E-state index is 0.346. The van der Waals surface area contributed by atoms with Crippen molar-refractivity contribution in [1.29, 1.82) is 0 Å². The van der Waals surface area contributed by atoms with Crippen molar-refractivity contribution in [3.63, 3.8) is 0 Å². The Morgan fingerprint density at radius 3 is 2.50 bits per heavy atom. The molecule has 0 aromatic heterocycles. The largest absolute Gasteiger partial charge is 0.292 e. The fourth-order valence-corrected chi connectivity index (χ4v) is 2.06. The Bertz CT molecular complexity index is 242. The molecule has 0 spiro atoms. The maximum atomic E-state index is 3.15. The Hall–Kier alpha value is -0.480. The Kier molecular flexibility index (Phi) is 3.61. The summed E-state index contributed by atoms with van der Waals surface area (Å²) < 4.78 is 0. The Morgan fingerprint density at radius 1 is 1.43 bits per heavy atom. The quantitative estimate of drug-likeness (QED) is 0.490. The summed E-state index contributed by atoms with van der Waals surface area (Å²) in [5, 5.41) is 0. The van der Waals surface area contributed by atoms with Crippen LogP contribution in [0.5, 0.6) is 0 Å². The maximum absolute atomic E-state index is 3.15. The lowest BCUT2D eigenvalue weighted by molar-refractivity contribution is 0.230. The van der Waals surface area contributed by atoms with Crippen molar-refractivity contribution in [3.05, 3.63) is 0 Å². The average Bonchev–Trinajstić information content (AvgIpc) is 2.83. The summed E-state index contributed by atoms with van der Waals surface area (Å²) in [6.07, 6.45) is 2.22. The van der Waals surface area contributed by atoms with Gasteiger partial charge in [-0.25, -0.2) is 0 Å². The van der Waals surface area contributed by atoms with E-state index >= 15 is 0 Å². The van der Waals surface area contributed by atoms with E-state index < -0.39 is 0 Å². The molecule has 0 radical (unpaired) electrons. The summed E-state index contributed by atoms with van der Waals surface area (Å²) in [6, 6.07) is 0.819. The van der Waals surface area contributed by atoms with E-state index in [0.717, 1.165) is 18.4 Å². The van der Waals surface area contributed by atoms with Crippen LogP contribution in [0.2, 0.25) is 0 Å². The third kappa shape index (κ3) is 2.75. The molecule has 1 aliphatic heterocycles. The second-order valence-electron chi connectivity index (χ2n) is 5.20. The van der Waals surface area contributed by atoms with Crippen LogP contribution in [0.1, 0.15) is 47.5 Å². The molecule has 0 saturated carbocycles. The molecule has 1 aliphatic rings. The molecule has 0 amide bonds. The first kappa shape index (κ1) is 11.6. The van der Waals surface area contributed by atoms with Crippen molar-refractivity contribution in [2.24, 2.45) is 5.92 Å². The third-order valence-electron chi connectivity index (χ3n) is 3.24. The van der Waals surface area contributed by atoms with Crippen molar-refractivity contribution < 1.29 is 0 Å². The van der Waals surface area contributed by atoms with Crippen molar-refractivity contribution in [3.8, 4) is 11.8 Å². The molecule has 1 nitrogen and oxygen atoms in total. The Morgan fingerprint density at radius 2 is 2.07 bits per heavy atom. The number of rotatable bonds is 4. The minimum atomic E-state index is 0.346. The predicted octanol–water partition coefficient (Wildman–Crippen LogP) is 2.91. The normalized spacial score (nSPS) is 25.9. The second-order valence-corrected chi connectivity index (χ2v) is 5.20. The highest BCUT2D eigenvalue weighted by atomic mass is 15.4. The highest BCUT2D eigenvalue weighted by Crippen LogP contribution is 2.36. The van der Waals surface area contributed by atoms with Gasteiger partial charge >= 0.3 is 0 Å². The van der Waals surface area contributed by atoms with E-state index in [1.165, 1.54) is 13.0 Å². The van der Waals surface area contributed by atoms with Gasteiger partial charge in [0.2, 0.25) is 0 Å². The molecule has 0 bridgehead atoms. The van der Waals surface area contributed by atoms with Gasteiger partial charge in [-0.1, -0.05) is 13.8 Å². The van der Waals surface area contributed by atoms with Crippen LogP contribution in [-0.2, 0) is 0 Å². The molecule has 14 heavy (non-hydrogen) atoms. The molecule has 1 heteroatoms. The van der Waals surface area contributed by atoms with Crippen LogP contribution >= 0.6 is 0 Å². The zero-order valence-electron chi connectivity index (χ0n) is 10.2. The molecule has 0 aliphatic carbocycles. The van der Waals surface area contributed by atoms with Crippen molar-refractivity contribution in [1.82, 2.24) is 4.90 Å². The van der Waals surface area contributed by atoms with Crippen molar-refractivity contribution in [2.75, 3.05) is 6.54 Å². The average molecular weight is 193 g/mol. The monoisotopic (exact) mass is 193 g/mol. The molecule has 1 saturated heterocycles. The standard InChI is InChI=1S/C13H23N/c1-6-7-8-9-13(4,5)14-10-12(14)11(2)3/h11-12H,8-10H2,1-5H3/t12?,14-/m0/s1. The molecule has 2 atom stereocenters. The Balaban J connectivity index is 2.38. The summed E-state index contributed by atoms with van der Waals surface area (Å²) in [5.74, 6) is 6.92. The second kappa shape index (κ2) is 4.36. The van der Waals surface area contributed by atoms with E-state index in [4.69, 9.17) is 0 Å². The lowest BCUT2D eigenvalue weighted by Gasteiger charge is -2.27. The van der Waals surface area contributed by atoms with E-state index in [0.29, 0.717) is 5.54 Å². The molecular weight excluding hydrogens is 170 g/mol. The molecule has 80 valence electrons. The number of nitrogens with zero attached hydrogens (tertiary/aromatic N) is 1. The van der Waals surface area contributed by atoms with Crippen LogP contribution in [0.3, 0.4) is 0 Å². The van der Waals surface area contributed by atoms with Crippen LogP contribution in [-0.4, -0.2) is 23.0 Å².